The van der Waals surface area contributed by atoms with Crippen LogP contribution in [0.25, 0.3) is 0 Å². The number of amides is 1. The number of methoxy groups -OCH3 is 1. The summed E-state index contributed by atoms with van der Waals surface area (Å²) in [5.74, 6) is 0.872. The van der Waals surface area contributed by atoms with Gasteiger partial charge in [0.2, 0.25) is 5.91 Å². The van der Waals surface area contributed by atoms with Gasteiger partial charge in [-0.1, -0.05) is 54.1 Å². The van der Waals surface area contributed by atoms with E-state index >= 15 is 0 Å². The van der Waals surface area contributed by atoms with Crippen molar-refractivity contribution in [3.05, 3.63) is 88.9 Å². The Kier molecular flexibility index (Phi) is 7.46. The highest BCUT2D eigenvalue weighted by Crippen LogP contribution is 2.26. The number of carbonyl (C=O) groups is 2. The molecular weight excluding hydrogens is 402 g/mol. The van der Waals surface area contributed by atoms with Crippen molar-refractivity contribution in [2.45, 2.75) is 12.8 Å². The molecule has 0 atom stereocenters. The van der Waals surface area contributed by atoms with Gasteiger partial charge in [0.15, 0.2) is 17.3 Å². The standard InChI is InChI=1S/C24H22ClNO4/c1-29-21-10-5-6-11-22(21)30-15-7-12-23(27)26-20-14-13-18(25)16-19(20)24(28)17-8-3-2-4-9-17/h2-6,8-11,13-14,16H,7,12,15H2,1H3,(H,26,27). The summed E-state index contributed by atoms with van der Waals surface area (Å²) in [5.41, 5.74) is 1.32. The van der Waals surface area contributed by atoms with E-state index in [0.717, 1.165) is 0 Å². The molecule has 154 valence electrons. The lowest BCUT2D eigenvalue weighted by Gasteiger charge is -2.12. The molecule has 0 saturated heterocycles. The lowest BCUT2D eigenvalue weighted by molar-refractivity contribution is -0.116. The van der Waals surface area contributed by atoms with Crippen LogP contribution in [-0.2, 0) is 4.79 Å². The van der Waals surface area contributed by atoms with Crippen LogP contribution in [-0.4, -0.2) is 25.4 Å². The molecule has 1 N–H and O–H groups in total. The van der Waals surface area contributed by atoms with Crippen molar-refractivity contribution in [2.24, 2.45) is 0 Å². The van der Waals surface area contributed by atoms with Gasteiger partial charge in [0.25, 0.3) is 0 Å². The molecule has 0 heterocycles. The van der Waals surface area contributed by atoms with Crippen molar-refractivity contribution in [1.82, 2.24) is 0 Å². The van der Waals surface area contributed by atoms with E-state index in [1.807, 2.05) is 30.3 Å². The molecule has 0 aliphatic heterocycles. The predicted molar refractivity (Wildman–Crippen MR) is 118 cm³/mol. The zero-order valence-corrected chi connectivity index (χ0v) is 17.3. The average molecular weight is 424 g/mol. The topological polar surface area (TPSA) is 64.6 Å². The van der Waals surface area contributed by atoms with Crippen LogP contribution in [0.2, 0.25) is 5.02 Å². The number of carbonyl (C=O) groups excluding carboxylic acids is 2. The van der Waals surface area contributed by atoms with Crippen molar-refractivity contribution >= 4 is 29.0 Å². The van der Waals surface area contributed by atoms with Crippen LogP contribution in [0.15, 0.2) is 72.8 Å². The Labute approximate surface area is 180 Å². The minimum atomic E-state index is -0.205. The van der Waals surface area contributed by atoms with Gasteiger partial charge in [-0.2, -0.15) is 0 Å². The van der Waals surface area contributed by atoms with Gasteiger partial charge >= 0.3 is 0 Å². The summed E-state index contributed by atoms with van der Waals surface area (Å²) in [6, 6.07) is 21.1. The maximum Gasteiger partial charge on any atom is 0.224 e. The van der Waals surface area contributed by atoms with E-state index in [-0.39, 0.29) is 18.1 Å². The normalized spacial score (nSPS) is 10.3. The number of anilines is 1. The van der Waals surface area contributed by atoms with Gasteiger partial charge in [-0.05, 0) is 36.8 Å². The van der Waals surface area contributed by atoms with Crippen molar-refractivity contribution in [3.8, 4) is 11.5 Å². The Morgan fingerprint density at radius 3 is 2.37 bits per heavy atom. The Morgan fingerprint density at radius 2 is 1.63 bits per heavy atom. The fourth-order valence-electron chi connectivity index (χ4n) is 2.92. The summed E-state index contributed by atoms with van der Waals surface area (Å²) in [4.78, 5) is 25.2. The highest BCUT2D eigenvalue weighted by Gasteiger charge is 2.16. The van der Waals surface area contributed by atoms with E-state index in [9.17, 15) is 9.59 Å². The van der Waals surface area contributed by atoms with Crippen molar-refractivity contribution < 1.29 is 19.1 Å². The van der Waals surface area contributed by atoms with Crippen LogP contribution in [0.4, 0.5) is 5.69 Å². The molecular formula is C24H22ClNO4. The van der Waals surface area contributed by atoms with E-state index in [4.69, 9.17) is 21.1 Å². The SMILES string of the molecule is COc1ccccc1OCCCC(=O)Nc1ccc(Cl)cc1C(=O)c1ccccc1. The minimum Gasteiger partial charge on any atom is -0.493 e. The summed E-state index contributed by atoms with van der Waals surface area (Å²) in [5, 5.41) is 3.24. The minimum absolute atomic E-state index is 0.201. The second kappa shape index (κ2) is 10.5. The Morgan fingerprint density at radius 1 is 0.933 bits per heavy atom. The summed E-state index contributed by atoms with van der Waals surface area (Å²) in [7, 11) is 1.58. The Balaban J connectivity index is 1.59. The molecule has 3 aromatic carbocycles. The predicted octanol–water partition coefficient (Wildman–Crippen LogP) is 5.38. The maximum absolute atomic E-state index is 12.8. The zero-order chi connectivity index (χ0) is 21.3. The molecule has 0 aliphatic rings. The number of para-hydroxylation sites is 2. The lowest BCUT2D eigenvalue weighted by atomic mass is 10.0. The first-order valence-electron chi connectivity index (χ1n) is 9.53. The molecule has 0 unspecified atom stereocenters. The molecule has 3 aromatic rings. The molecule has 0 fully saturated rings. The van der Waals surface area contributed by atoms with Gasteiger partial charge in [-0.15, -0.1) is 0 Å². The Hall–Kier alpha value is -3.31. The van der Waals surface area contributed by atoms with Crippen LogP contribution in [0.5, 0.6) is 11.5 Å². The fourth-order valence-corrected chi connectivity index (χ4v) is 3.10. The molecule has 5 nitrogen and oxygen atoms in total. The molecule has 0 aliphatic carbocycles. The third-order valence-electron chi connectivity index (χ3n) is 4.41. The van der Waals surface area contributed by atoms with Crippen molar-refractivity contribution in [2.75, 3.05) is 19.0 Å². The first-order valence-corrected chi connectivity index (χ1v) is 9.91. The van der Waals surface area contributed by atoms with Crippen LogP contribution in [0.1, 0.15) is 28.8 Å². The van der Waals surface area contributed by atoms with Gasteiger partial charge in [-0.3, -0.25) is 9.59 Å². The van der Waals surface area contributed by atoms with Crippen molar-refractivity contribution in [3.63, 3.8) is 0 Å². The number of hydrogen-bond donors (Lipinski definition) is 1. The number of hydrogen-bond acceptors (Lipinski definition) is 4. The first kappa shape index (κ1) is 21.4. The molecule has 0 spiro atoms. The summed E-state index contributed by atoms with van der Waals surface area (Å²) in [6.45, 7) is 0.365. The molecule has 0 bridgehead atoms. The molecule has 0 radical (unpaired) electrons. The molecule has 0 saturated carbocycles. The second-order valence-corrected chi connectivity index (χ2v) is 6.97. The number of halogens is 1. The van der Waals surface area contributed by atoms with Crippen LogP contribution < -0.4 is 14.8 Å². The van der Waals surface area contributed by atoms with Crippen LogP contribution in [0.3, 0.4) is 0 Å². The second-order valence-electron chi connectivity index (χ2n) is 6.54. The average Bonchev–Trinajstić information content (AvgIpc) is 2.78. The van der Waals surface area contributed by atoms with E-state index in [1.165, 1.54) is 0 Å². The number of rotatable bonds is 9. The highest BCUT2D eigenvalue weighted by atomic mass is 35.5. The molecule has 3 rings (SSSR count). The summed E-state index contributed by atoms with van der Waals surface area (Å²) in [6.07, 6.45) is 0.760. The van der Waals surface area contributed by atoms with Gasteiger partial charge < -0.3 is 14.8 Å². The largest absolute Gasteiger partial charge is 0.493 e. The van der Waals surface area contributed by atoms with Crippen LogP contribution in [0, 0.1) is 0 Å². The number of ketones is 1. The smallest absolute Gasteiger partial charge is 0.224 e. The van der Waals surface area contributed by atoms with Crippen LogP contribution >= 0.6 is 11.6 Å². The highest BCUT2D eigenvalue weighted by molar-refractivity contribution is 6.31. The maximum atomic E-state index is 12.8. The number of nitrogens with one attached hydrogen (secondary N) is 1. The Bertz CT molecular complexity index is 1020. The van der Waals surface area contributed by atoms with Gasteiger partial charge in [-0.25, -0.2) is 0 Å². The third-order valence-corrected chi connectivity index (χ3v) is 4.65. The molecule has 0 aromatic heterocycles. The summed E-state index contributed by atoms with van der Waals surface area (Å²) >= 11 is 6.08. The monoisotopic (exact) mass is 423 g/mol. The number of benzene rings is 3. The van der Waals surface area contributed by atoms with E-state index in [1.54, 1.807) is 49.6 Å². The van der Waals surface area contributed by atoms with E-state index in [2.05, 4.69) is 5.32 Å². The van der Waals surface area contributed by atoms with Gasteiger partial charge in [0, 0.05) is 22.6 Å². The lowest BCUT2D eigenvalue weighted by Crippen LogP contribution is -2.16. The molecule has 1 amide bonds. The first-order chi connectivity index (χ1) is 14.6. The third kappa shape index (κ3) is 5.61. The van der Waals surface area contributed by atoms with E-state index < -0.39 is 0 Å². The quantitative estimate of drug-likeness (QED) is 0.371. The zero-order valence-electron chi connectivity index (χ0n) is 16.6. The van der Waals surface area contributed by atoms with Crippen molar-refractivity contribution in [1.29, 1.82) is 0 Å². The van der Waals surface area contributed by atoms with E-state index in [0.29, 0.717) is 46.4 Å². The fraction of sp³-hybridized carbons (Fsp3) is 0.167. The summed E-state index contributed by atoms with van der Waals surface area (Å²) < 4.78 is 10.9. The molecule has 30 heavy (non-hydrogen) atoms. The van der Waals surface area contributed by atoms with Gasteiger partial charge in [0.05, 0.1) is 19.4 Å². The van der Waals surface area contributed by atoms with Gasteiger partial charge in [0.1, 0.15) is 0 Å². The molecule has 6 heteroatoms. The number of ether oxygens (including phenoxy) is 2.